The van der Waals surface area contributed by atoms with E-state index >= 15 is 0 Å². The number of carbonyl (C=O) groups is 1. The van der Waals surface area contributed by atoms with Crippen LogP contribution in [0, 0.1) is 11.3 Å². The van der Waals surface area contributed by atoms with Gasteiger partial charge in [0.05, 0.1) is 5.41 Å². The summed E-state index contributed by atoms with van der Waals surface area (Å²) in [6.07, 6.45) is 3.00. The lowest BCUT2D eigenvalue weighted by molar-refractivity contribution is -0.149. The van der Waals surface area contributed by atoms with Gasteiger partial charge in [0.25, 0.3) is 0 Å². The largest absolute Gasteiger partial charge is 0.481 e. The first-order chi connectivity index (χ1) is 4.57. The molecule has 10 heavy (non-hydrogen) atoms. The summed E-state index contributed by atoms with van der Waals surface area (Å²) in [5.41, 5.74) is -0.431. The number of hydrogen-bond acceptors (Lipinski definition) is 1. The van der Waals surface area contributed by atoms with Crippen LogP contribution >= 0.6 is 0 Å². The fourth-order valence-corrected chi connectivity index (χ4v) is 1.66. The zero-order chi connectivity index (χ0) is 7.78. The Labute approximate surface area is 61.2 Å². The summed E-state index contributed by atoms with van der Waals surface area (Å²) in [6.45, 7) is 3.88. The molecule has 0 aromatic carbocycles. The van der Waals surface area contributed by atoms with Gasteiger partial charge in [0, 0.05) is 0 Å². The molecule has 1 aliphatic rings. The maximum atomic E-state index is 10.7. The average molecular weight is 142 g/mol. The molecule has 2 nitrogen and oxygen atoms in total. The topological polar surface area (TPSA) is 37.3 Å². The molecule has 1 aliphatic carbocycles. The van der Waals surface area contributed by atoms with Gasteiger partial charge in [0.15, 0.2) is 0 Å². The van der Waals surface area contributed by atoms with Crippen LogP contribution in [0.15, 0.2) is 0 Å². The number of aliphatic carboxylic acids is 1. The number of carboxylic acid groups (broad SMARTS) is 1. The van der Waals surface area contributed by atoms with Crippen LogP contribution in [0.4, 0.5) is 0 Å². The van der Waals surface area contributed by atoms with Crippen LogP contribution in [-0.2, 0) is 4.79 Å². The van der Waals surface area contributed by atoms with E-state index in [1.165, 1.54) is 0 Å². The van der Waals surface area contributed by atoms with Gasteiger partial charge in [-0.05, 0) is 25.7 Å². The summed E-state index contributed by atoms with van der Waals surface area (Å²) >= 11 is 0. The molecule has 0 spiro atoms. The van der Waals surface area contributed by atoms with Gasteiger partial charge in [-0.3, -0.25) is 4.79 Å². The first-order valence-corrected chi connectivity index (χ1v) is 3.81. The van der Waals surface area contributed by atoms with Crippen LogP contribution in [0.2, 0.25) is 0 Å². The van der Waals surface area contributed by atoms with Crippen molar-refractivity contribution in [1.82, 2.24) is 0 Å². The van der Waals surface area contributed by atoms with E-state index in [0.717, 1.165) is 19.3 Å². The fraction of sp³-hybridized carbons (Fsp3) is 0.875. The van der Waals surface area contributed by atoms with Crippen molar-refractivity contribution < 1.29 is 9.90 Å². The van der Waals surface area contributed by atoms with Gasteiger partial charge in [-0.15, -0.1) is 0 Å². The van der Waals surface area contributed by atoms with E-state index in [2.05, 4.69) is 0 Å². The second-order valence-electron chi connectivity index (χ2n) is 3.52. The summed E-state index contributed by atoms with van der Waals surface area (Å²) in [7, 11) is 0. The van der Waals surface area contributed by atoms with Gasteiger partial charge in [0.1, 0.15) is 0 Å². The Balaban J connectivity index is 2.75. The zero-order valence-corrected chi connectivity index (χ0v) is 6.55. The maximum absolute atomic E-state index is 10.7. The van der Waals surface area contributed by atoms with E-state index in [0.29, 0.717) is 5.92 Å². The summed E-state index contributed by atoms with van der Waals surface area (Å²) in [5.74, 6) is -0.275. The average Bonchev–Trinajstić information content (AvgIpc) is 2.15. The van der Waals surface area contributed by atoms with Gasteiger partial charge in [-0.2, -0.15) is 0 Å². The lowest BCUT2D eigenvalue weighted by Crippen LogP contribution is -2.29. The highest BCUT2D eigenvalue weighted by Crippen LogP contribution is 2.42. The molecule has 2 heteroatoms. The van der Waals surface area contributed by atoms with Gasteiger partial charge >= 0.3 is 5.97 Å². The normalized spacial score (nSPS) is 40.0. The Bertz CT molecular complexity index is 153. The molecule has 0 aromatic heterocycles. The van der Waals surface area contributed by atoms with E-state index < -0.39 is 11.4 Å². The van der Waals surface area contributed by atoms with E-state index in [1.54, 1.807) is 0 Å². The van der Waals surface area contributed by atoms with Gasteiger partial charge in [-0.25, -0.2) is 0 Å². The quantitative estimate of drug-likeness (QED) is 0.607. The van der Waals surface area contributed by atoms with E-state index in [1.807, 2.05) is 13.8 Å². The SMILES string of the molecule is C[C@@H]1CCC[C@]1(C)C(=O)O. The van der Waals surface area contributed by atoms with Crippen molar-refractivity contribution in [3.05, 3.63) is 0 Å². The minimum atomic E-state index is -0.627. The lowest BCUT2D eigenvalue weighted by Gasteiger charge is -2.22. The Hall–Kier alpha value is -0.530. The molecule has 0 unspecified atom stereocenters. The third-order valence-electron chi connectivity index (χ3n) is 2.91. The summed E-state index contributed by atoms with van der Waals surface area (Å²) < 4.78 is 0. The van der Waals surface area contributed by atoms with Crippen molar-refractivity contribution in [2.75, 3.05) is 0 Å². The molecular formula is C8H14O2. The second-order valence-corrected chi connectivity index (χ2v) is 3.52. The number of rotatable bonds is 1. The van der Waals surface area contributed by atoms with Crippen molar-refractivity contribution in [1.29, 1.82) is 0 Å². The highest BCUT2D eigenvalue weighted by Gasteiger charge is 2.42. The number of hydrogen-bond donors (Lipinski definition) is 1. The Kier molecular flexibility index (Phi) is 1.71. The first-order valence-electron chi connectivity index (χ1n) is 3.81. The van der Waals surface area contributed by atoms with E-state index in [-0.39, 0.29) is 0 Å². The fourth-order valence-electron chi connectivity index (χ4n) is 1.66. The summed E-state index contributed by atoms with van der Waals surface area (Å²) in [5, 5.41) is 8.84. The molecule has 2 atom stereocenters. The minimum absolute atomic E-state index is 0.352. The maximum Gasteiger partial charge on any atom is 0.309 e. The molecule has 1 N–H and O–H groups in total. The van der Waals surface area contributed by atoms with Crippen molar-refractivity contribution in [2.24, 2.45) is 11.3 Å². The lowest BCUT2D eigenvalue weighted by atomic mass is 9.81. The zero-order valence-electron chi connectivity index (χ0n) is 6.55. The highest BCUT2D eigenvalue weighted by molar-refractivity contribution is 5.74. The van der Waals surface area contributed by atoms with Crippen molar-refractivity contribution in [2.45, 2.75) is 33.1 Å². The molecule has 1 fully saturated rings. The van der Waals surface area contributed by atoms with Crippen LogP contribution in [0.1, 0.15) is 33.1 Å². The van der Waals surface area contributed by atoms with Gasteiger partial charge in [0.2, 0.25) is 0 Å². The third-order valence-corrected chi connectivity index (χ3v) is 2.91. The predicted octanol–water partition coefficient (Wildman–Crippen LogP) is 1.90. The summed E-state index contributed by atoms with van der Waals surface area (Å²) in [4.78, 5) is 10.7. The Morgan fingerprint density at radius 1 is 1.70 bits per heavy atom. The van der Waals surface area contributed by atoms with E-state index in [9.17, 15) is 4.79 Å². The molecule has 0 aromatic rings. The van der Waals surface area contributed by atoms with Crippen molar-refractivity contribution >= 4 is 5.97 Å². The molecule has 0 heterocycles. The third kappa shape index (κ3) is 0.917. The molecule has 0 aliphatic heterocycles. The van der Waals surface area contributed by atoms with Crippen molar-refractivity contribution in [3.8, 4) is 0 Å². The smallest absolute Gasteiger partial charge is 0.309 e. The van der Waals surface area contributed by atoms with Crippen LogP contribution in [-0.4, -0.2) is 11.1 Å². The van der Waals surface area contributed by atoms with Crippen LogP contribution in [0.3, 0.4) is 0 Å². The van der Waals surface area contributed by atoms with E-state index in [4.69, 9.17) is 5.11 Å². The molecule has 0 saturated heterocycles. The molecule has 58 valence electrons. The molecule has 0 radical (unpaired) electrons. The molecule has 0 bridgehead atoms. The van der Waals surface area contributed by atoms with Crippen LogP contribution in [0.5, 0.6) is 0 Å². The molecular weight excluding hydrogens is 128 g/mol. The van der Waals surface area contributed by atoms with Gasteiger partial charge in [-0.1, -0.05) is 13.3 Å². The Morgan fingerprint density at radius 3 is 2.50 bits per heavy atom. The molecule has 0 amide bonds. The molecule has 1 saturated carbocycles. The first kappa shape index (κ1) is 7.58. The highest BCUT2D eigenvalue weighted by atomic mass is 16.4. The minimum Gasteiger partial charge on any atom is -0.481 e. The Morgan fingerprint density at radius 2 is 2.30 bits per heavy atom. The van der Waals surface area contributed by atoms with Crippen LogP contribution < -0.4 is 0 Å². The number of carboxylic acids is 1. The summed E-state index contributed by atoms with van der Waals surface area (Å²) in [6, 6.07) is 0. The standard InChI is InChI=1S/C8H14O2/c1-6-4-3-5-8(6,2)7(9)10/h6H,3-5H2,1-2H3,(H,9,10)/t6-,8+/m1/s1. The van der Waals surface area contributed by atoms with Crippen molar-refractivity contribution in [3.63, 3.8) is 0 Å². The predicted molar refractivity (Wildman–Crippen MR) is 38.8 cm³/mol. The van der Waals surface area contributed by atoms with Crippen LogP contribution in [0.25, 0.3) is 0 Å². The monoisotopic (exact) mass is 142 g/mol. The molecule has 1 rings (SSSR count). The second kappa shape index (κ2) is 2.26. The van der Waals surface area contributed by atoms with Gasteiger partial charge < -0.3 is 5.11 Å².